The summed E-state index contributed by atoms with van der Waals surface area (Å²) in [5, 5.41) is 4.09. The van der Waals surface area contributed by atoms with Crippen LogP contribution in [-0.2, 0) is 6.61 Å². The van der Waals surface area contributed by atoms with E-state index in [1.807, 2.05) is 49.4 Å². The lowest BCUT2D eigenvalue weighted by atomic mass is 10.2. The van der Waals surface area contributed by atoms with Crippen LogP contribution in [0.3, 0.4) is 0 Å². The standard InChI is InChI=1S/C17H18IN3O2S/c1-2-22-15-9-13(10-20-21-17(19)24)8-14(18)16(15)23-11-12-6-4-3-5-7-12/h3-10H,2,11H2,1H3,(H3,19,21,24)/b20-10+. The van der Waals surface area contributed by atoms with Gasteiger partial charge in [-0.1, -0.05) is 30.3 Å². The molecular weight excluding hydrogens is 437 g/mol. The van der Waals surface area contributed by atoms with Gasteiger partial charge in [0.1, 0.15) is 6.61 Å². The van der Waals surface area contributed by atoms with E-state index in [1.165, 1.54) is 0 Å². The first-order valence-corrected chi connectivity index (χ1v) is 8.80. The zero-order valence-electron chi connectivity index (χ0n) is 13.2. The molecular formula is C17H18IN3O2S. The number of hydrogen-bond acceptors (Lipinski definition) is 4. The highest BCUT2D eigenvalue weighted by molar-refractivity contribution is 14.1. The molecule has 0 saturated carbocycles. The summed E-state index contributed by atoms with van der Waals surface area (Å²) in [6.45, 7) is 2.96. The van der Waals surface area contributed by atoms with E-state index in [2.05, 4.69) is 33.1 Å². The quantitative estimate of drug-likeness (QED) is 0.290. The summed E-state index contributed by atoms with van der Waals surface area (Å²) in [6, 6.07) is 13.8. The van der Waals surface area contributed by atoms with Gasteiger partial charge in [-0.05, 0) is 65.0 Å². The van der Waals surface area contributed by atoms with Gasteiger partial charge in [0.05, 0.1) is 16.4 Å². The van der Waals surface area contributed by atoms with Gasteiger partial charge in [-0.3, -0.25) is 5.43 Å². The second-order valence-corrected chi connectivity index (χ2v) is 6.37. The molecule has 7 heteroatoms. The van der Waals surface area contributed by atoms with Crippen LogP contribution < -0.4 is 20.6 Å². The minimum absolute atomic E-state index is 0.119. The first-order valence-electron chi connectivity index (χ1n) is 7.31. The van der Waals surface area contributed by atoms with Crippen LogP contribution >= 0.6 is 34.8 Å². The van der Waals surface area contributed by atoms with Crippen molar-refractivity contribution in [2.75, 3.05) is 6.61 Å². The van der Waals surface area contributed by atoms with E-state index < -0.39 is 0 Å². The predicted molar refractivity (Wildman–Crippen MR) is 109 cm³/mol. The molecule has 5 nitrogen and oxygen atoms in total. The SMILES string of the molecule is CCOc1cc(/C=N/NC(N)=S)cc(I)c1OCc1ccccc1. The van der Waals surface area contributed by atoms with Crippen LogP contribution in [0.5, 0.6) is 11.5 Å². The maximum atomic E-state index is 5.97. The lowest BCUT2D eigenvalue weighted by Crippen LogP contribution is -2.24. The van der Waals surface area contributed by atoms with E-state index >= 15 is 0 Å². The molecule has 0 radical (unpaired) electrons. The highest BCUT2D eigenvalue weighted by Gasteiger charge is 2.12. The number of halogens is 1. The van der Waals surface area contributed by atoms with Crippen molar-refractivity contribution >= 4 is 46.1 Å². The van der Waals surface area contributed by atoms with Crippen molar-refractivity contribution in [2.45, 2.75) is 13.5 Å². The number of hydrogen-bond donors (Lipinski definition) is 2. The van der Waals surface area contributed by atoms with Crippen molar-refractivity contribution in [1.29, 1.82) is 0 Å². The zero-order chi connectivity index (χ0) is 17.4. The summed E-state index contributed by atoms with van der Waals surface area (Å²) >= 11 is 6.93. The van der Waals surface area contributed by atoms with Crippen LogP contribution in [-0.4, -0.2) is 17.9 Å². The summed E-state index contributed by atoms with van der Waals surface area (Å²) < 4.78 is 12.6. The van der Waals surface area contributed by atoms with Gasteiger partial charge in [-0.15, -0.1) is 0 Å². The van der Waals surface area contributed by atoms with Gasteiger partial charge in [0.15, 0.2) is 16.6 Å². The van der Waals surface area contributed by atoms with E-state index in [9.17, 15) is 0 Å². The van der Waals surface area contributed by atoms with Gasteiger partial charge in [0.2, 0.25) is 0 Å². The second-order valence-electron chi connectivity index (χ2n) is 4.77. The highest BCUT2D eigenvalue weighted by atomic mass is 127. The average Bonchev–Trinajstić information content (AvgIpc) is 2.55. The zero-order valence-corrected chi connectivity index (χ0v) is 16.1. The number of nitrogens with two attached hydrogens (primary N) is 1. The Bertz CT molecular complexity index is 723. The average molecular weight is 455 g/mol. The van der Waals surface area contributed by atoms with Gasteiger partial charge in [-0.2, -0.15) is 5.10 Å². The summed E-state index contributed by atoms with van der Waals surface area (Å²) in [5.74, 6) is 1.40. The van der Waals surface area contributed by atoms with Crippen LogP contribution in [0, 0.1) is 3.57 Å². The van der Waals surface area contributed by atoms with Gasteiger partial charge >= 0.3 is 0 Å². The fourth-order valence-corrected chi connectivity index (χ4v) is 2.80. The fraction of sp³-hybridized carbons (Fsp3) is 0.176. The van der Waals surface area contributed by atoms with E-state index in [4.69, 9.17) is 27.4 Å². The van der Waals surface area contributed by atoms with Gasteiger partial charge < -0.3 is 15.2 Å². The molecule has 0 aliphatic carbocycles. The Morgan fingerprint density at radius 3 is 2.71 bits per heavy atom. The normalized spacial score (nSPS) is 10.6. The molecule has 0 heterocycles. The van der Waals surface area contributed by atoms with E-state index in [-0.39, 0.29) is 5.11 Å². The third kappa shape index (κ3) is 5.64. The lowest BCUT2D eigenvalue weighted by Gasteiger charge is -2.14. The maximum Gasteiger partial charge on any atom is 0.184 e. The van der Waals surface area contributed by atoms with Crippen molar-refractivity contribution in [2.24, 2.45) is 10.8 Å². The smallest absolute Gasteiger partial charge is 0.184 e. The molecule has 126 valence electrons. The lowest BCUT2D eigenvalue weighted by molar-refractivity contribution is 0.267. The Hall–Kier alpha value is -1.87. The summed E-state index contributed by atoms with van der Waals surface area (Å²) in [4.78, 5) is 0. The van der Waals surface area contributed by atoms with Crippen molar-refractivity contribution in [3.8, 4) is 11.5 Å². The maximum absolute atomic E-state index is 5.97. The van der Waals surface area contributed by atoms with E-state index in [1.54, 1.807) is 6.21 Å². The van der Waals surface area contributed by atoms with E-state index in [0.29, 0.717) is 19.0 Å². The third-order valence-corrected chi connectivity index (χ3v) is 3.84. The summed E-state index contributed by atoms with van der Waals surface area (Å²) in [5.41, 5.74) is 9.83. The number of hydrazone groups is 1. The fourth-order valence-electron chi connectivity index (χ4n) is 1.97. The summed E-state index contributed by atoms with van der Waals surface area (Å²) in [6.07, 6.45) is 1.63. The number of ether oxygens (including phenoxy) is 2. The van der Waals surface area contributed by atoms with Crippen LogP contribution in [0.15, 0.2) is 47.6 Å². The molecule has 2 aromatic carbocycles. The Balaban J connectivity index is 2.20. The number of thiocarbonyl (C=S) groups is 1. The second kappa shape index (κ2) is 9.43. The Morgan fingerprint density at radius 2 is 2.04 bits per heavy atom. The third-order valence-electron chi connectivity index (χ3n) is 2.95. The highest BCUT2D eigenvalue weighted by Crippen LogP contribution is 2.34. The van der Waals surface area contributed by atoms with Crippen molar-refractivity contribution in [3.05, 3.63) is 57.2 Å². The number of nitrogens with one attached hydrogen (secondary N) is 1. The van der Waals surface area contributed by atoms with Crippen molar-refractivity contribution < 1.29 is 9.47 Å². The van der Waals surface area contributed by atoms with Crippen LogP contribution in [0.2, 0.25) is 0 Å². The Morgan fingerprint density at radius 1 is 1.29 bits per heavy atom. The Labute approximate surface area is 160 Å². The number of nitrogens with zero attached hydrogens (tertiary/aromatic N) is 1. The molecule has 2 aromatic rings. The topological polar surface area (TPSA) is 68.9 Å². The first kappa shape index (κ1) is 18.5. The van der Waals surface area contributed by atoms with Crippen LogP contribution in [0.25, 0.3) is 0 Å². The predicted octanol–water partition coefficient (Wildman–Crippen LogP) is 3.44. The molecule has 0 aromatic heterocycles. The monoisotopic (exact) mass is 455 g/mol. The van der Waals surface area contributed by atoms with Crippen LogP contribution in [0.1, 0.15) is 18.1 Å². The molecule has 0 aliphatic rings. The van der Waals surface area contributed by atoms with Gasteiger partial charge in [0, 0.05) is 0 Å². The number of rotatable bonds is 7. The molecule has 0 fully saturated rings. The van der Waals surface area contributed by atoms with Crippen LogP contribution in [0.4, 0.5) is 0 Å². The van der Waals surface area contributed by atoms with Crippen molar-refractivity contribution in [3.63, 3.8) is 0 Å². The molecule has 2 rings (SSSR count). The van der Waals surface area contributed by atoms with E-state index in [0.717, 1.165) is 20.4 Å². The molecule has 0 aliphatic heterocycles. The Kier molecular flexibility index (Phi) is 7.26. The first-order chi connectivity index (χ1) is 11.6. The minimum atomic E-state index is 0.119. The molecule has 0 atom stereocenters. The van der Waals surface area contributed by atoms with Gasteiger partial charge in [0.25, 0.3) is 0 Å². The van der Waals surface area contributed by atoms with Crippen molar-refractivity contribution in [1.82, 2.24) is 5.43 Å². The largest absolute Gasteiger partial charge is 0.490 e. The molecule has 24 heavy (non-hydrogen) atoms. The number of benzene rings is 2. The molecule has 3 N–H and O–H groups in total. The molecule has 0 spiro atoms. The molecule has 0 amide bonds. The molecule has 0 bridgehead atoms. The minimum Gasteiger partial charge on any atom is -0.490 e. The van der Waals surface area contributed by atoms with Gasteiger partial charge in [-0.25, -0.2) is 0 Å². The molecule has 0 saturated heterocycles. The summed E-state index contributed by atoms with van der Waals surface area (Å²) in [7, 11) is 0. The molecule has 0 unspecified atom stereocenters.